The normalized spacial score (nSPS) is 17.4. The second-order valence-electron chi connectivity index (χ2n) is 6.58. The molecular formula is C20H28N4OS2. The van der Waals surface area contributed by atoms with E-state index in [9.17, 15) is 0 Å². The van der Waals surface area contributed by atoms with Gasteiger partial charge in [0, 0.05) is 49.9 Å². The molecule has 0 radical (unpaired) electrons. The summed E-state index contributed by atoms with van der Waals surface area (Å²) in [6.07, 6.45) is 4.12. The molecule has 1 aromatic heterocycles. The predicted octanol–water partition coefficient (Wildman–Crippen LogP) is 3.74. The molecule has 0 aliphatic carbocycles. The Hall–Kier alpha value is -1.57. The summed E-state index contributed by atoms with van der Waals surface area (Å²) in [5.41, 5.74) is 1.24. The van der Waals surface area contributed by atoms with Gasteiger partial charge in [-0.25, -0.2) is 4.98 Å². The standard InChI is InChI=1S/C20H28N4OS2/c1-21-19(22-9-5-12-26-20-23-10-13-27-20)24-11-8-18(14-24)16-25-15-17-6-3-2-4-7-17/h2-4,6-7,10,13,18H,5,8-9,11-12,14-16H2,1H3,(H,21,22). The zero-order chi connectivity index (χ0) is 18.7. The van der Waals surface area contributed by atoms with Crippen molar-refractivity contribution in [1.29, 1.82) is 0 Å². The first-order chi connectivity index (χ1) is 13.3. The van der Waals surface area contributed by atoms with E-state index in [1.54, 1.807) is 11.3 Å². The Morgan fingerprint density at radius 1 is 1.41 bits per heavy atom. The van der Waals surface area contributed by atoms with E-state index in [2.05, 4.69) is 44.5 Å². The average Bonchev–Trinajstić information content (AvgIpc) is 3.38. The number of nitrogens with one attached hydrogen (secondary N) is 1. The topological polar surface area (TPSA) is 49.8 Å². The SMILES string of the molecule is CN=C(NCCCSc1nccs1)N1CCC(COCc2ccccc2)C1. The van der Waals surface area contributed by atoms with Gasteiger partial charge in [-0.05, 0) is 18.4 Å². The quantitative estimate of drug-likeness (QED) is 0.299. The third kappa shape index (κ3) is 6.83. The molecule has 0 saturated carbocycles. The van der Waals surface area contributed by atoms with Crippen molar-refractivity contribution in [2.45, 2.75) is 23.8 Å². The first-order valence-corrected chi connectivity index (χ1v) is 11.3. The van der Waals surface area contributed by atoms with Gasteiger partial charge in [0.05, 0.1) is 13.2 Å². The molecule has 0 amide bonds. The minimum absolute atomic E-state index is 0.577. The number of aromatic nitrogens is 1. The van der Waals surface area contributed by atoms with Crippen molar-refractivity contribution >= 4 is 29.1 Å². The first kappa shape index (κ1) is 20.2. The number of likely N-dealkylation sites (tertiary alicyclic amines) is 1. The fourth-order valence-electron chi connectivity index (χ4n) is 3.12. The molecule has 0 spiro atoms. The van der Waals surface area contributed by atoms with Crippen molar-refractivity contribution in [1.82, 2.24) is 15.2 Å². The Labute approximate surface area is 170 Å². The van der Waals surface area contributed by atoms with E-state index in [0.29, 0.717) is 12.5 Å². The predicted molar refractivity (Wildman–Crippen MR) is 115 cm³/mol. The zero-order valence-electron chi connectivity index (χ0n) is 15.8. The van der Waals surface area contributed by atoms with Crippen LogP contribution in [0.2, 0.25) is 0 Å². The van der Waals surface area contributed by atoms with E-state index in [4.69, 9.17) is 4.74 Å². The number of thiazole rings is 1. The number of hydrogen-bond acceptors (Lipinski definition) is 5. The smallest absolute Gasteiger partial charge is 0.193 e. The van der Waals surface area contributed by atoms with Crippen LogP contribution in [0.4, 0.5) is 0 Å². The van der Waals surface area contributed by atoms with Gasteiger partial charge < -0.3 is 15.0 Å². The largest absolute Gasteiger partial charge is 0.376 e. The highest BCUT2D eigenvalue weighted by molar-refractivity contribution is 8.00. The molecule has 7 heteroatoms. The van der Waals surface area contributed by atoms with Gasteiger partial charge in [-0.1, -0.05) is 42.1 Å². The number of thioether (sulfide) groups is 1. The molecule has 1 atom stereocenters. The third-order valence-electron chi connectivity index (χ3n) is 4.50. The maximum atomic E-state index is 5.92. The molecule has 2 heterocycles. The summed E-state index contributed by atoms with van der Waals surface area (Å²) in [7, 11) is 1.87. The first-order valence-electron chi connectivity index (χ1n) is 9.44. The Morgan fingerprint density at radius 2 is 2.30 bits per heavy atom. The minimum Gasteiger partial charge on any atom is -0.376 e. The Morgan fingerprint density at radius 3 is 3.07 bits per heavy atom. The fraction of sp³-hybridized carbons (Fsp3) is 0.500. The summed E-state index contributed by atoms with van der Waals surface area (Å²) in [5.74, 6) is 2.67. The second-order valence-corrected chi connectivity index (χ2v) is 8.81. The lowest BCUT2D eigenvalue weighted by Crippen LogP contribution is -2.40. The number of hydrogen-bond donors (Lipinski definition) is 1. The number of aliphatic imine (C=N–C) groups is 1. The molecule has 1 aliphatic rings. The van der Waals surface area contributed by atoms with Crippen LogP contribution in [-0.4, -0.2) is 54.9 Å². The lowest BCUT2D eigenvalue weighted by Gasteiger charge is -2.21. The summed E-state index contributed by atoms with van der Waals surface area (Å²) in [4.78, 5) is 11.1. The molecule has 1 aliphatic heterocycles. The van der Waals surface area contributed by atoms with Gasteiger partial charge in [0.2, 0.25) is 0 Å². The molecule has 1 saturated heterocycles. The molecule has 1 unspecified atom stereocenters. The Balaban J connectivity index is 1.30. The van der Waals surface area contributed by atoms with Gasteiger partial charge in [-0.2, -0.15) is 0 Å². The summed E-state index contributed by atoms with van der Waals surface area (Å²) < 4.78 is 7.07. The van der Waals surface area contributed by atoms with Crippen LogP contribution < -0.4 is 5.32 Å². The zero-order valence-corrected chi connectivity index (χ0v) is 17.5. The lowest BCUT2D eigenvalue weighted by molar-refractivity contribution is 0.0907. The average molecular weight is 405 g/mol. The number of nitrogens with zero attached hydrogens (tertiary/aromatic N) is 3. The minimum atomic E-state index is 0.577. The highest BCUT2D eigenvalue weighted by Crippen LogP contribution is 2.20. The van der Waals surface area contributed by atoms with Crippen LogP contribution in [0.5, 0.6) is 0 Å². The molecule has 5 nitrogen and oxygen atoms in total. The second kappa shape index (κ2) is 11.3. The van der Waals surface area contributed by atoms with Gasteiger partial charge in [-0.3, -0.25) is 4.99 Å². The van der Waals surface area contributed by atoms with Crippen LogP contribution in [0.15, 0.2) is 51.2 Å². The highest BCUT2D eigenvalue weighted by Gasteiger charge is 2.24. The van der Waals surface area contributed by atoms with Crippen molar-refractivity contribution in [2.24, 2.45) is 10.9 Å². The van der Waals surface area contributed by atoms with Crippen LogP contribution in [0.1, 0.15) is 18.4 Å². The van der Waals surface area contributed by atoms with Crippen LogP contribution in [-0.2, 0) is 11.3 Å². The van der Waals surface area contributed by atoms with E-state index < -0.39 is 0 Å². The molecule has 1 fully saturated rings. The Kier molecular flexibility index (Phi) is 8.45. The van der Waals surface area contributed by atoms with E-state index in [1.165, 1.54) is 5.56 Å². The van der Waals surface area contributed by atoms with Gasteiger partial charge in [0.1, 0.15) is 4.34 Å². The molecule has 1 N–H and O–H groups in total. The van der Waals surface area contributed by atoms with Gasteiger partial charge in [-0.15, -0.1) is 11.3 Å². The lowest BCUT2D eigenvalue weighted by atomic mass is 10.1. The highest BCUT2D eigenvalue weighted by atomic mass is 32.2. The van der Waals surface area contributed by atoms with E-state index >= 15 is 0 Å². The summed E-state index contributed by atoms with van der Waals surface area (Å²) in [5, 5.41) is 5.52. The number of guanidine groups is 1. The van der Waals surface area contributed by atoms with Crippen LogP contribution in [0, 0.1) is 5.92 Å². The van der Waals surface area contributed by atoms with Crippen molar-refractivity contribution in [2.75, 3.05) is 39.0 Å². The molecule has 2 aromatic rings. The molecule has 0 bridgehead atoms. The van der Waals surface area contributed by atoms with Gasteiger partial charge in [0.15, 0.2) is 5.96 Å². The molecule has 27 heavy (non-hydrogen) atoms. The Bertz CT molecular complexity index is 679. The third-order valence-corrected chi connectivity index (χ3v) is 6.55. The van der Waals surface area contributed by atoms with E-state index in [-0.39, 0.29) is 0 Å². The van der Waals surface area contributed by atoms with Crippen molar-refractivity contribution in [3.63, 3.8) is 0 Å². The maximum Gasteiger partial charge on any atom is 0.193 e. The molecule has 3 rings (SSSR count). The van der Waals surface area contributed by atoms with Gasteiger partial charge in [0.25, 0.3) is 0 Å². The van der Waals surface area contributed by atoms with Crippen LogP contribution in [0.25, 0.3) is 0 Å². The van der Waals surface area contributed by atoms with Gasteiger partial charge >= 0.3 is 0 Å². The molecular weight excluding hydrogens is 376 g/mol. The summed E-state index contributed by atoms with van der Waals surface area (Å²) in [6.45, 7) is 4.51. The van der Waals surface area contributed by atoms with Crippen LogP contribution in [0.3, 0.4) is 0 Å². The summed E-state index contributed by atoms with van der Waals surface area (Å²) in [6, 6.07) is 10.4. The summed E-state index contributed by atoms with van der Waals surface area (Å²) >= 11 is 3.53. The van der Waals surface area contributed by atoms with Crippen molar-refractivity contribution in [3.05, 3.63) is 47.5 Å². The van der Waals surface area contributed by atoms with E-state index in [1.807, 2.05) is 36.5 Å². The van der Waals surface area contributed by atoms with E-state index in [0.717, 1.165) is 55.1 Å². The van der Waals surface area contributed by atoms with Crippen molar-refractivity contribution in [3.8, 4) is 0 Å². The number of ether oxygens (including phenoxy) is 1. The van der Waals surface area contributed by atoms with Crippen LogP contribution >= 0.6 is 23.1 Å². The maximum absolute atomic E-state index is 5.92. The molecule has 1 aromatic carbocycles. The van der Waals surface area contributed by atoms with Crippen molar-refractivity contribution < 1.29 is 4.74 Å². The monoisotopic (exact) mass is 404 g/mol. The number of rotatable bonds is 9. The molecule has 146 valence electrons. The number of benzene rings is 1. The fourth-order valence-corrected chi connectivity index (χ4v) is 4.77.